The van der Waals surface area contributed by atoms with Crippen LogP contribution in [0, 0.1) is 0 Å². The van der Waals surface area contributed by atoms with Crippen molar-refractivity contribution in [2.45, 2.75) is 0 Å². The van der Waals surface area contributed by atoms with Crippen LogP contribution in [0.1, 0.15) is 10.4 Å². The number of hydrogen-bond acceptors (Lipinski definition) is 6. The number of methoxy groups -OCH3 is 1. The van der Waals surface area contributed by atoms with Gasteiger partial charge < -0.3 is 4.74 Å². The Kier molecular flexibility index (Phi) is 2.37. The lowest BCUT2D eigenvalue weighted by atomic mass is 10.1. The fourth-order valence-corrected chi connectivity index (χ4v) is 1.73. The summed E-state index contributed by atoms with van der Waals surface area (Å²) in [5.74, 6) is -0.584. The van der Waals surface area contributed by atoms with Crippen LogP contribution in [0.5, 0.6) is 0 Å². The van der Waals surface area contributed by atoms with E-state index in [0.717, 1.165) is 0 Å². The maximum absolute atomic E-state index is 11.7. The number of carbonyl (C=O) groups is 1. The van der Waals surface area contributed by atoms with Gasteiger partial charge in [-0.2, -0.15) is 5.10 Å². The van der Waals surface area contributed by atoms with E-state index in [9.17, 15) is 9.59 Å². The zero-order chi connectivity index (χ0) is 13.4. The molecule has 0 aliphatic carbocycles. The molecule has 0 fully saturated rings. The average molecular weight is 260 g/mol. The molecular formula is C10H8N6O3. The zero-order valence-electron chi connectivity index (χ0n) is 9.77. The summed E-state index contributed by atoms with van der Waals surface area (Å²) in [5.41, 5.74) is 0.326. The predicted octanol–water partition coefficient (Wildman–Crippen LogP) is -0.634. The molecule has 0 amide bonds. The summed E-state index contributed by atoms with van der Waals surface area (Å²) in [6, 6.07) is 0. The minimum atomic E-state index is -0.584. The molecule has 3 heterocycles. The normalized spacial score (nSPS) is 10.8. The number of hydrogen-bond donors (Lipinski definition) is 1. The highest BCUT2D eigenvalue weighted by atomic mass is 16.5. The molecule has 2 aliphatic rings. The Morgan fingerprint density at radius 1 is 1.26 bits per heavy atom. The number of aromatic nitrogens is 6. The lowest BCUT2D eigenvalue weighted by molar-refractivity contribution is 0.0600. The van der Waals surface area contributed by atoms with E-state index in [2.05, 4.69) is 25.1 Å². The molecule has 0 radical (unpaired) electrons. The maximum Gasteiger partial charge on any atom is 0.341 e. The molecule has 0 spiro atoms. The van der Waals surface area contributed by atoms with Gasteiger partial charge in [0.05, 0.1) is 12.7 Å². The smallest absolute Gasteiger partial charge is 0.341 e. The first-order valence-electron chi connectivity index (χ1n) is 5.24. The first kappa shape index (κ1) is 11.1. The Balaban J connectivity index is 2.30. The molecule has 3 rings (SSSR count). The van der Waals surface area contributed by atoms with Crippen LogP contribution in [0.3, 0.4) is 0 Å². The summed E-state index contributed by atoms with van der Waals surface area (Å²) in [4.78, 5) is 23.4. The molecule has 19 heavy (non-hydrogen) atoms. The Hall–Kier alpha value is -2.97. The Morgan fingerprint density at radius 2 is 2.00 bits per heavy atom. The topological polar surface area (TPSA) is 108 Å². The van der Waals surface area contributed by atoms with Crippen molar-refractivity contribution in [3.05, 3.63) is 41.0 Å². The van der Waals surface area contributed by atoms with Crippen LogP contribution in [-0.4, -0.2) is 42.8 Å². The van der Waals surface area contributed by atoms with Crippen molar-refractivity contribution in [2.75, 3.05) is 7.11 Å². The average Bonchev–Trinajstić information content (AvgIpc) is 3.07. The van der Waals surface area contributed by atoms with E-state index >= 15 is 0 Å². The summed E-state index contributed by atoms with van der Waals surface area (Å²) in [5, 5.41) is 13.4. The Labute approximate surface area is 105 Å². The first-order valence-corrected chi connectivity index (χ1v) is 5.24. The van der Waals surface area contributed by atoms with Gasteiger partial charge in [0.25, 0.3) is 5.56 Å². The molecule has 9 heteroatoms. The van der Waals surface area contributed by atoms with Gasteiger partial charge in [0, 0.05) is 12.4 Å². The summed E-state index contributed by atoms with van der Waals surface area (Å²) < 4.78 is 7.67. The molecular weight excluding hydrogens is 252 g/mol. The molecule has 0 saturated heterocycles. The second kappa shape index (κ2) is 4.05. The first-order chi connectivity index (χ1) is 9.20. The van der Waals surface area contributed by atoms with Crippen LogP contribution in [0.25, 0.3) is 11.3 Å². The van der Waals surface area contributed by atoms with Gasteiger partial charge in [-0.25, -0.2) is 14.6 Å². The number of ether oxygens (including phenoxy) is 1. The molecule has 1 N–H and O–H groups in total. The van der Waals surface area contributed by atoms with E-state index in [-0.39, 0.29) is 22.4 Å². The van der Waals surface area contributed by atoms with Gasteiger partial charge in [0.2, 0.25) is 0 Å². The molecule has 0 saturated carbocycles. The third-order valence-corrected chi connectivity index (χ3v) is 2.63. The fourth-order valence-electron chi connectivity index (χ4n) is 1.73. The minimum Gasteiger partial charge on any atom is -0.465 e. The summed E-state index contributed by atoms with van der Waals surface area (Å²) in [7, 11) is 1.26. The molecule has 1 aromatic heterocycles. The summed E-state index contributed by atoms with van der Waals surface area (Å²) >= 11 is 0. The SMILES string of the molecule is COC(=O)c1cn(-n2cnnc2)cc2c(=O)[nH]nc1-2. The van der Waals surface area contributed by atoms with E-state index in [1.54, 1.807) is 0 Å². The monoisotopic (exact) mass is 260 g/mol. The fraction of sp³-hybridized carbons (Fsp3) is 0.100. The van der Waals surface area contributed by atoms with Gasteiger partial charge in [-0.3, -0.25) is 9.47 Å². The number of aromatic amines is 1. The minimum absolute atomic E-state index is 0.173. The molecule has 0 unspecified atom stereocenters. The van der Waals surface area contributed by atoms with Crippen molar-refractivity contribution < 1.29 is 9.53 Å². The standard InChI is InChI=1S/C10H8N6O3/c1-19-10(18)7-3-15(16-4-11-12-5-16)2-6-8(7)13-14-9(6)17/h2-5H,1H3,(H,14,17). The molecule has 0 atom stereocenters. The lowest BCUT2D eigenvalue weighted by Crippen LogP contribution is -2.15. The summed E-state index contributed by atoms with van der Waals surface area (Å²) in [6.07, 6.45) is 5.86. The van der Waals surface area contributed by atoms with Gasteiger partial charge in [0.15, 0.2) is 0 Å². The van der Waals surface area contributed by atoms with Crippen molar-refractivity contribution >= 4 is 5.97 Å². The number of nitrogens with zero attached hydrogens (tertiary/aromatic N) is 5. The Morgan fingerprint density at radius 3 is 2.68 bits per heavy atom. The number of rotatable bonds is 2. The van der Waals surface area contributed by atoms with E-state index in [4.69, 9.17) is 0 Å². The van der Waals surface area contributed by atoms with Gasteiger partial charge in [0.1, 0.15) is 23.9 Å². The number of H-pyrrole nitrogens is 1. The van der Waals surface area contributed by atoms with Crippen LogP contribution in [0.4, 0.5) is 0 Å². The predicted molar refractivity (Wildman–Crippen MR) is 61.6 cm³/mol. The highest BCUT2D eigenvalue weighted by molar-refractivity contribution is 5.95. The van der Waals surface area contributed by atoms with Crippen molar-refractivity contribution in [1.82, 2.24) is 29.7 Å². The molecule has 96 valence electrons. The number of esters is 1. The molecule has 9 nitrogen and oxygen atoms in total. The highest BCUT2D eigenvalue weighted by Crippen LogP contribution is 2.20. The maximum atomic E-state index is 11.7. The van der Waals surface area contributed by atoms with Gasteiger partial charge >= 0.3 is 5.97 Å². The third-order valence-electron chi connectivity index (χ3n) is 2.63. The van der Waals surface area contributed by atoms with Crippen molar-refractivity contribution in [2.24, 2.45) is 0 Å². The van der Waals surface area contributed by atoms with Gasteiger partial charge in [-0.1, -0.05) is 0 Å². The molecule has 1 aromatic rings. The van der Waals surface area contributed by atoms with Gasteiger partial charge in [-0.15, -0.1) is 10.2 Å². The van der Waals surface area contributed by atoms with Crippen LogP contribution in [0.15, 0.2) is 29.8 Å². The van der Waals surface area contributed by atoms with Crippen LogP contribution < -0.4 is 5.56 Å². The van der Waals surface area contributed by atoms with Crippen molar-refractivity contribution in [1.29, 1.82) is 0 Å². The van der Waals surface area contributed by atoms with Crippen molar-refractivity contribution in [3.8, 4) is 11.3 Å². The number of fused-ring (bicyclic) bond motifs is 1. The quantitative estimate of drug-likeness (QED) is 0.614. The van der Waals surface area contributed by atoms with Crippen LogP contribution >= 0.6 is 0 Å². The largest absolute Gasteiger partial charge is 0.465 e. The Bertz CT molecular complexity index is 756. The summed E-state index contributed by atoms with van der Waals surface area (Å²) in [6.45, 7) is 0. The number of nitrogens with one attached hydrogen (secondary N) is 1. The van der Waals surface area contributed by atoms with Crippen molar-refractivity contribution in [3.63, 3.8) is 0 Å². The third kappa shape index (κ3) is 1.68. The van der Waals surface area contributed by atoms with Crippen LogP contribution in [-0.2, 0) is 4.74 Å². The number of carbonyl (C=O) groups excluding carboxylic acids is 1. The molecule has 0 bridgehead atoms. The van der Waals surface area contributed by atoms with E-state index in [1.165, 1.54) is 41.5 Å². The van der Waals surface area contributed by atoms with E-state index in [1.807, 2.05) is 0 Å². The molecule has 0 aromatic carbocycles. The molecule has 2 aliphatic heterocycles. The second-order valence-electron chi connectivity index (χ2n) is 3.70. The number of pyridine rings is 1. The zero-order valence-corrected chi connectivity index (χ0v) is 9.77. The van der Waals surface area contributed by atoms with E-state index < -0.39 is 5.97 Å². The van der Waals surface area contributed by atoms with Crippen LogP contribution in [0.2, 0.25) is 0 Å². The second-order valence-corrected chi connectivity index (χ2v) is 3.70. The van der Waals surface area contributed by atoms with E-state index in [0.29, 0.717) is 0 Å². The highest BCUT2D eigenvalue weighted by Gasteiger charge is 2.22. The lowest BCUT2D eigenvalue weighted by Gasteiger charge is -2.11. The van der Waals surface area contributed by atoms with Gasteiger partial charge in [-0.05, 0) is 0 Å².